The van der Waals surface area contributed by atoms with Crippen LogP contribution >= 0.6 is 0 Å². The third-order valence-corrected chi connectivity index (χ3v) is 5.28. The number of hydrogen-bond acceptors (Lipinski definition) is 9. The van der Waals surface area contributed by atoms with E-state index in [4.69, 9.17) is 9.47 Å². The minimum absolute atomic E-state index is 0.207. The molecule has 2 atom stereocenters. The number of aromatic nitrogens is 6. The van der Waals surface area contributed by atoms with Crippen LogP contribution in [0.4, 0.5) is 11.6 Å². The summed E-state index contributed by atoms with van der Waals surface area (Å²) in [6, 6.07) is 2.07. The number of hydrogen-bond donors (Lipinski definition) is 1. The van der Waals surface area contributed by atoms with E-state index in [0.29, 0.717) is 12.6 Å². The molecule has 1 N–H and O–H groups in total. The number of anilines is 2. The molecule has 1 saturated heterocycles. The smallest absolute Gasteiger partial charge is 0.302 e. The first-order valence-corrected chi connectivity index (χ1v) is 10.6. The molecule has 0 radical (unpaired) electrons. The van der Waals surface area contributed by atoms with Crippen LogP contribution in [-0.2, 0) is 21.3 Å². The Hall–Kier alpha value is -3.31. The molecule has 1 fully saturated rings. The summed E-state index contributed by atoms with van der Waals surface area (Å²) in [4.78, 5) is 22.3. The molecule has 3 aromatic rings. The summed E-state index contributed by atoms with van der Waals surface area (Å²) in [5.74, 6) is 0.199. The molecule has 11 nitrogen and oxygen atoms in total. The maximum absolute atomic E-state index is 11.2. The summed E-state index contributed by atoms with van der Waals surface area (Å²) in [6.07, 6.45) is 9.81. The Bertz CT molecular complexity index is 1050. The molecule has 0 aliphatic carbocycles. The topological polar surface area (TPSA) is 112 Å². The highest BCUT2D eigenvalue weighted by Gasteiger charge is 2.30. The van der Waals surface area contributed by atoms with Gasteiger partial charge in [-0.1, -0.05) is 0 Å². The van der Waals surface area contributed by atoms with Gasteiger partial charge in [-0.3, -0.25) is 19.1 Å². The first-order chi connectivity index (χ1) is 15.5. The first-order valence-electron chi connectivity index (χ1n) is 10.6. The molecule has 4 heterocycles. The Kier molecular flexibility index (Phi) is 6.76. The highest BCUT2D eigenvalue weighted by Crippen LogP contribution is 2.26. The summed E-state index contributed by atoms with van der Waals surface area (Å²) in [5, 5.41) is 11.9. The molecule has 11 heteroatoms. The Morgan fingerprint density at radius 2 is 2.19 bits per heavy atom. The van der Waals surface area contributed by atoms with Crippen molar-refractivity contribution in [3.8, 4) is 11.3 Å². The van der Waals surface area contributed by atoms with Gasteiger partial charge in [0.2, 0.25) is 5.95 Å². The lowest BCUT2D eigenvalue weighted by Gasteiger charge is -2.26. The standard InChI is InChI=1S/C21H28N8O3/c1-4-31-20(14-32-15(2)30)28-8-6-18(13-28)29-11-16(9-24-29)19-5-7-22-21(26-19)25-17-10-23-27(3)12-17/h5,7,9-12,18,20H,4,6,8,13-14H2,1-3H3,(H,22,25,26). The van der Waals surface area contributed by atoms with Crippen molar-refractivity contribution in [1.29, 1.82) is 0 Å². The Balaban J connectivity index is 1.41. The van der Waals surface area contributed by atoms with Crippen molar-refractivity contribution in [2.75, 3.05) is 31.6 Å². The fourth-order valence-electron chi connectivity index (χ4n) is 3.75. The zero-order valence-corrected chi connectivity index (χ0v) is 18.5. The summed E-state index contributed by atoms with van der Waals surface area (Å²) in [7, 11) is 1.86. The molecule has 0 bridgehead atoms. The summed E-state index contributed by atoms with van der Waals surface area (Å²) >= 11 is 0. The number of nitrogens with zero attached hydrogens (tertiary/aromatic N) is 7. The minimum atomic E-state index is -0.301. The molecule has 32 heavy (non-hydrogen) atoms. The lowest BCUT2D eigenvalue weighted by atomic mass is 10.2. The molecule has 0 spiro atoms. The van der Waals surface area contributed by atoms with Crippen LogP contribution in [0.3, 0.4) is 0 Å². The van der Waals surface area contributed by atoms with E-state index in [9.17, 15) is 4.79 Å². The van der Waals surface area contributed by atoms with Crippen molar-refractivity contribution < 1.29 is 14.3 Å². The van der Waals surface area contributed by atoms with Crippen molar-refractivity contribution in [3.63, 3.8) is 0 Å². The normalized spacial score (nSPS) is 17.4. The van der Waals surface area contributed by atoms with Crippen LogP contribution in [0, 0.1) is 0 Å². The average molecular weight is 441 g/mol. The predicted octanol–water partition coefficient (Wildman–Crippen LogP) is 1.99. The molecule has 170 valence electrons. The number of esters is 1. The van der Waals surface area contributed by atoms with Crippen LogP contribution in [0.25, 0.3) is 11.3 Å². The summed E-state index contributed by atoms with van der Waals surface area (Å²) in [5.41, 5.74) is 2.53. The van der Waals surface area contributed by atoms with E-state index in [1.165, 1.54) is 6.92 Å². The molecule has 3 aromatic heterocycles. The van der Waals surface area contributed by atoms with E-state index in [1.807, 2.05) is 43.3 Å². The van der Waals surface area contributed by atoms with E-state index < -0.39 is 0 Å². The Morgan fingerprint density at radius 3 is 2.94 bits per heavy atom. The van der Waals surface area contributed by atoms with Gasteiger partial charge in [0.25, 0.3) is 0 Å². The van der Waals surface area contributed by atoms with Crippen LogP contribution < -0.4 is 5.32 Å². The number of nitrogens with one attached hydrogen (secondary N) is 1. The average Bonchev–Trinajstić information content (AvgIpc) is 3.52. The maximum Gasteiger partial charge on any atom is 0.302 e. The molecule has 2 unspecified atom stereocenters. The van der Waals surface area contributed by atoms with E-state index in [0.717, 1.165) is 36.5 Å². The van der Waals surface area contributed by atoms with Crippen LogP contribution in [-0.4, -0.2) is 72.9 Å². The van der Waals surface area contributed by atoms with Crippen molar-refractivity contribution in [2.24, 2.45) is 7.05 Å². The summed E-state index contributed by atoms with van der Waals surface area (Å²) in [6.45, 7) is 5.75. The molecular weight excluding hydrogens is 412 g/mol. The molecule has 0 saturated carbocycles. The Labute approximate surface area is 186 Å². The van der Waals surface area contributed by atoms with Gasteiger partial charge in [0.15, 0.2) is 0 Å². The monoisotopic (exact) mass is 440 g/mol. The molecule has 1 aliphatic heterocycles. The van der Waals surface area contributed by atoms with Gasteiger partial charge >= 0.3 is 5.97 Å². The largest absolute Gasteiger partial charge is 0.462 e. The highest BCUT2D eigenvalue weighted by molar-refractivity contribution is 5.65. The SMILES string of the molecule is CCOC(COC(C)=O)N1CCC(n2cc(-c3ccnc(Nc4cnn(C)c4)n3)cn2)C1. The number of carbonyl (C=O) groups is 1. The lowest BCUT2D eigenvalue weighted by Crippen LogP contribution is -2.40. The zero-order chi connectivity index (χ0) is 22.5. The quantitative estimate of drug-likeness (QED) is 0.499. The molecular formula is C21H28N8O3. The third-order valence-electron chi connectivity index (χ3n) is 5.28. The van der Waals surface area contributed by atoms with Gasteiger partial charge in [-0.2, -0.15) is 10.2 Å². The molecule has 0 amide bonds. The van der Waals surface area contributed by atoms with Crippen molar-refractivity contribution in [3.05, 3.63) is 37.1 Å². The number of aryl methyl sites for hydroxylation is 1. The van der Waals surface area contributed by atoms with Crippen molar-refractivity contribution in [1.82, 2.24) is 34.4 Å². The van der Waals surface area contributed by atoms with Crippen LogP contribution in [0.2, 0.25) is 0 Å². The first kappa shape index (κ1) is 21.9. The molecule has 4 rings (SSSR count). The van der Waals surface area contributed by atoms with Gasteiger partial charge in [-0.15, -0.1) is 0 Å². The predicted molar refractivity (Wildman–Crippen MR) is 117 cm³/mol. The van der Waals surface area contributed by atoms with Gasteiger partial charge in [0, 0.05) is 57.8 Å². The van der Waals surface area contributed by atoms with E-state index >= 15 is 0 Å². The second-order valence-corrected chi connectivity index (χ2v) is 7.65. The van der Waals surface area contributed by atoms with Crippen molar-refractivity contribution in [2.45, 2.75) is 32.5 Å². The highest BCUT2D eigenvalue weighted by atomic mass is 16.6. The fraction of sp³-hybridized carbons (Fsp3) is 0.476. The van der Waals surface area contributed by atoms with Gasteiger partial charge < -0.3 is 14.8 Å². The molecule has 0 aromatic carbocycles. The summed E-state index contributed by atoms with van der Waals surface area (Å²) < 4.78 is 14.6. The third kappa shape index (κ3) is 5.29. The Morgan fingerprint density at radius 1 is 1.31 bits per heavy atom. The van der Waals surface area contributed by atoms with E-state index in [2.05, 4.69) is 30.4 Å². The number of likely N-dealkylation sites (tertiary alicyclic amines) is 1. The second-order valence-electron chi connectivity index (χ2n) is 7.65. The second kappa shape index (κ2) is 9.88. The van der Waals surface area contributed by atoms with Crippen LogP contribution in [0.1, 0.15) is 26.3 Å². The maximum atomic E-state index is 11.2. The van der Waals surface area contributed by atoms with Crippen molar-refractivity contribution >= 4 is 17.6 Å². The zero-order valence-electron chi connectivity index (χ0n) is 18.5. The van der Waals surface area contributed by atoms with Crippen LogP contribution in [0.5, 0.6) is 0 Å². The van der Waals surface area contributed by atoms with Gasteiger partial charge in [0.1, 0.15) is 12.8 Å². The minimum Gasteiger partial charge on any atom is -0.462 e. The van der Waals surface area contributed by atoms with E-state index in [1.54, 1.807) is 17.1 Å². The van der Waals surface area contributed by atoms with Gasteiger partial charge in [-0.05, 0) is 19.4 Å². The lowest BCUT2D eigenvalue weighted by molar-refractivity contribution is -0.151. The molecule has 1 aliphatic rings. The number of carbonyl (C=O) groups excluding carboxylic acids is 1. The number of rotatable bonds is 9. The van der Waals surface area contributed by atoms with E-state index in [-0.39, 0.29) is 24.8 Å². The van der Waals surface area contributed by atoms with Gasteiger partial charge in [-0.25, -0.2) is 9.97 Å². The van der Waals surface area contributed by atoms with Crippen LogP contribution in [0.15, 0.2) is 37.1 Å². The number of ether oxygens (including phenoxy) is 2. The van der Waals surface area contributed by atoms with Gasteiger partial charge in [0.05, 0.1) is 29.8 Å². The fourth-order valence-corrected chi connectivity index (χ4v) is 3.75.